The van der Waals surface area contributed by atoms with Gasteiger partial charge < -0.3 is 20.1 Å². The van der Waals surface area contributed by atoms with Crippen LogP contribution >= 0.6 is 0 Å². The minimum absolute atomic E-state index is 0.0510. The molecule has 1 amide bonds. The molecule has 0 unspecified atom stereocenters. The average molecular weight is 516 g/mol. The SMILES string of the molecule is O=C(COCc1ccc(F)cc1)NCC=Cc1ccc(CN(CCO)CCc2c[nH]c3ccccc23)cc1. The number of aromatic nitrogens is 1. The summed E-state index contributed by atoms with van der Waals surface area (Å²) in [7, 11) is 0. The van der Waals surface area contributed by atoms with Crippen molar-refractivity contribution >= 4 is 22.9 Å². The number of para-hydroxylation sites is 1. The summed E-state index contributed by atoms with van der Waals surface area (Å²) >= 11 is 0. The fraction of sp³-hybridized carbons (Fsp3) is 0.258. The average Bonchev–Trinajstić information content (AvgIpc) is 3.35. The van der Waals surface area contributed by atoms with Crippen LogP contribution in [0, 0.1) is 5.82 Å². The summed E-state index contributed by atoms with van der Waals surface area (Å²) in [5, 5.41) is 13.6. The van der Waals surface area contributed by atoms with E-state index in [1.807, 2.05) is 18.2 Å². The van der Waals surface area contributed by atoms with Gasteiger partial charge in [-0.15, -0.1) is 0 Å². The molecule has 6 nitrogen and oxygen atoms in total. The van der Waals surface area contributed by atoms with Gasteiger partial charge in [-0.3, -0.25) is 9.69 Å². The van der Waals surface area contributed by atoms with Crippen LogP contribution in [-0.4, -0.2) is 53.7 Å². The molecule has 0 aliphatic carbocycles. The van der Waals surface area contributed by atoms with E-state index in [1.54, 1.807) is 12.1 Å². The van der Waals surface area contributed by atoms with E-state index in [4.69, 9.17) is 4.74 Å². The van der Waals surface area contributed by atoms with Crippen LogP contribution in [0.15, 0.2) is 85.1 Å². The molecule has 3 N–H and O–H groups in total. The fourth-order valence-corrected chi connectivity index (χ4v) is 4.28. The Bertz CT molecular complexity index is 1320. The first kappa shape index (κ1) is 27.3. The number of amides is 1. The first-order chi connectivity index (χ1) is 18.6. The predicted molar refractivity (Wildman–Crippen MR) is 149 cm³/mol. The third-order valence-corrected chi connectivity index (χ3v) is 6.32. The monoisotopic (exact) mass is 515 g/mol. The van der Waals surface area contributed by atoms with Crippen LogP contribution < -0.4 is 5.32 Å². The fourth-order valence-electron chi connectivity index (χ4n) is 4.28. The molecule has 0 bridgehead atoms. The van der Waals surface area contributed by atoms with Gasteiger partial charge in [0.2, 0.25) is 5.91 Å². The lowest BCUT2D eigenvalue weighted by Crippen LogP contribution is -2.28. The van der Waals surface area contributed by atoms with Crippen LogP contribution in [0.3, 0.4) is 0 Å². The highest BCUT2D eigenvalue weighted by molar-refractivity contribution is 5.83. The molecule has 0 spiro atoms. The number of carbonyl (C=O) groups excluding carboxylic acids is 1. The van der Waals surface area contributed by atoms with Crippen molar-refractivity contribution in [3.63, 3.8) is 0 Å². The number of nitrogens with one attached hydrogen (secondary N) is 2. The molecule has 0 radical (unpaired) electrons. The third kappa shape index (κ3) is 8.38. The van der Waals surface area contributed by atoms with Gasteiger partial charge in [0.25, 0.3) is 0 Å². The minimum atomic E-state index is -0.297. The number of ether oxygens (including phenoxy) is 1. The Labute approximate surface area is 222 Å². The van der Waals surface area contributed by atoms with Crippen LogP contribution in [0.2, 0.25) is 0 Å². The Kier molecular flexibility index (Phi) is 10.2. The Hall–Kier alpha value is -3.78. The van der Waals surface area contributed by atoms with Crippen molar-refractivity contribution in [2.45, 2.75) is 19.6 Å². The van der Waals surface area contributed by atoms with Crippen molar-refractivity contribution in [3.8, 4) is 0 Å². The van der Waals surface area contributed by atoms with E-state index in [1.165, 1.54) is 28.6 Å². The zero-order valence-electron chi connectivity index (χ0n) is 21.4. The van der Waals surface area contributed by atoms with Crippen LogP contribution in [0.5, 0.6) is 0 Å². The van der Waals surface area contributed by atoms with Gasteiger partial charge in [-0.2, -0.15) is 0 Å². The van der Waals surface area contributed by atoms with Crippen molar-refractivity contribution < 1.29 is 19.0 Å². The Balaban J connectivity index is 1.18. The summed E-state index contributed by atoms with van der Waals surface area (Å²) in [6.45, 7) is 2.98. The summed E-state index contributed by atoms with van der Waals surface area (Å²) in [6, 6.07) is 22.6. The number of hydrogen-bond donors (Lipinski definition) is 3. The number of nitrogens with zero attached hydrogens (tertiary/aromatic N) is 1. The number of benzene rings is 3. The second-order valence-electron chi connectivity index (χ2n) is 9.18. The van der Waals surface area contributed by atoms with E-state index in [9.17, 15) is 14.3 Å². The van der Waals surface area contributed by atoms with Gasteiger partial charge in [0.15, 0.2) is 0 Å². The van der Waals surface area contributed by atoms with Gasteiger partial charge in [-0.05, 0) is 46.9 Å². The first-order valence-corrected chi connectivity index (χ1v) is 12.8. The molecule has 4 rings (SSSR count). The molecular weight excluding hydrogens is 481 g/mol. The van der Waals surface area contributed by atoms with Gasteiger partial charge in [-0.1, -0.05) is 66.7 Å². The van der Waals surface area contributed by atoms with Gasteiger partial charge in [-0.25, -0.2) is 4.39 Å². The number of fused-ring (bicyclic) bond motifs is 1. The molecular formula is C31H34FN3O3. The number of carbonyl (C=O) groups is 1. The number of aliphatic hydroxyl groups excluding tert-OH is 1. The molecule has 0 saturated carbocycles. The zero-order chi connectivity index (χ0) is 26.6. The molecule has 0 fully saturated rings. The molecule has 0 aliphatic heterocycles. The summed E-state index contributed by atoms with van der Waals surface area (Å²) in [5.41, 5.74) is 5.48. The van der Waals surface area contributed by atoms with Gasteiger partial charge in [0.05, 0.1) is 13.2 Å². The van der Waals surface area contributed by atoms with Crippen molar-refractivity contribution in [2.75, 3.05) is 32.8 Å². The van der Waals surface area contributed by atoms with E-state index >= 15 is 0 Å². The highest BCUT2D eigenvalue weighted by Gasteiger charge is 2.09. The second-order valence-corrected chi connectivity index (χ2v) is 9.18. The van der Waals surface area contributed by atoms with Crippen LogP contribution in [-0.2, 0) is 29.1 Å². The van der Waals surface area contributed by atoms with E-state index in [0.29, 0.717) is 13.1 Å². The lowest BCUT2D eigenvalue weighted by Gasteiger charge is -2.21. The number of H-pyrrole nitrogens is 1. The quantitative estimate of drug-likeness (QED) is 0.228. The maximum absolute atomic E-state index is 12.9. The van der Waals surface area contributed by atoms with Crippen molar-refractivity contribution in [2.24, 2.45) is 0 Å². The normalized spacial score (nSPS) is 11.6. The second kappa shape index (κ2) is 14.2. The molecule has 0 saturated heterocycles. The van der Waals surface area contributed by atoms with E-state index in [0.717, 1.165) is 36.2 Å². The summed E-state index contributed by atoms with van der Waals surface area (Å²) in [4.78, 5) is 17.5. The summed E-state index contributed by atoms with van der Waals surface area (Å²) in [5.74, 6) is -0.502. The van der Waals surface area contributed by atoms with Crippen LogP contribution in [0.4, 0.5) is 4.39 Å². The van der Waals surface area contributed by atoms with E-state index in [2.05, 4.69) is 63.9 Å². The smallest absolute Gasteiger partial charge is 0.246 e. The zero-order valence-corrected chi connectivity index (χ0v) is 21.4. The number of aromatic amines is 1. The Morgan fingerprint density at radius 3 is 2.55 bits per heavy atom. The number of rotatable bonds is 14. The van der Waals surface area contributed by atoms with Crippen molar-refractivity contribution in [1.82, 2.24) is 15.2 Å². The number of aliphatic hydroxyl groups is 1. The molecule has 198 valence electrons. The number of halogens is 1. The van der Waals surface area contributed by atoms with E-state index < -0.39 is 0 Å². The van der Waals surface area contributed by atoms with Gasteiger partial charge in [0, 0.05) is 43.3 Å². The Morgan fingerprint density at radius 2 is 1.76 bits per heavy atom. The Morgan fingerprint density at radius 1 is 1.00 bits per heavy atom. The maximum Gasteiger partial charge on any atom is 0.246 e. The lowest BCUT2D eigenvalue weighted by molar-refractivity contribution is -0.125. The maximum atomic E-state index is 12.9. The van der Waals surface area contributed by atoms with Crippen molar-refractivity contribution in [3.05, 3.63) is 113 Å². The van der Waals surface area contributed by atoms with Crippen LogP contribution in [0.25, 0.3) is 17.0 Å². The predicted octanol–water partition coefficient (Wildman–Crippen LogP) is 4.69. The van der Waals surface area contributed by atoms with Crippen LogP contribution in [0.1, 0.15) is 22.3 Å². The van der Waals surface area contributed by atoms with Gasteiger partial charge >= 0.3 is 0 Å². The van der Waals surface area contributed by atoms with Gasteiger partial charge in [0.1, 0.15) is 12.4 Å². The highest BCUT2D eigenvalue weighted by Crippen LogP contribution is 2.19. The van der Waals surface area contributed by atoms with E-state index in [-0.39, 0.29) is 31.5 Å². The summed E-state index contributed by atoms with van der Waals surface area (Å²) in [6.07, 6.45) is 6.85. The molecule has 3 aromatic carbocycles. The standard InChI is InChI=1S/C31H34FN3O3/c32-28-13-11-26(12-14-28)22-38-23-31(37)33-16-3-4-24-7-9-25(10-8-24)21-35(18-19-36)17-15-27-20-34-30-6-2-1-5-29(27)30/h1-14,20,34,36H,15-19,21-23H2,(H,33,37). The molecule has 7 heteroatoms. The molecule has 1 heterocycles. The lowest BCUT2D eigenvalue weighted by atomic mass is 10.1. The molecule has 0 aliphatic rings. The third-order valence-electron chi connectivity index (χ3n) is 6.32. The minimum Gasteiger partial charge on any atom is -0.395 e. The molecule has 38 heavy (non-hydrogen) atoms. The molecule has 0 atom stereocenters. The summed E-state index contributed by atoms with van der Waals surface area (Å²) < 4.78 is 18.3. The highest BCUT2D eigenvalue weighted by atomic mass is 19.1. The molecule has 1 aromatic heterocycles. The topological polar surface area (TPSA) is 77.6 Å². The molecule has 4 aromatic rings. The van der Waals surface area contributed by atoms with Crippen molar-refractivity contribution in [1.29, 1.82) is 0 Å². The largest absolute Gasteiger partial charge is 0.395 e. The first-order valence-electron chi connectivity index (χ1n) is 12.8. The number of hydrogen-bond acceptors (Lipinski definition) is 4.